The van der Waals surface area contributed by atoms with Crippen LogP contribution in [0, 0.1) is 20.2 Å². The van der Waals surface area contributed by atoms with E-state index < -0.39 is 27.1 Å². The maximum Gasteiger partial charge on any atom is 0.299 e. The molecule has 0 bridgehead atoms. The Labute approximate surface area is 124 Å². The lowest BCUT2D eigenvalue weighted by Gasteiger charge is -2.06. The molecule has 0 heterocycles. The minimum atomic E-state index is -0.773. The van der Waals surface area contributed by atoms with Gasteiger partial charge in [0, 0.05) is 6.07 Å². The lowest BCUT2D eigenvalue weighted by molar-refractivity contribution is -0.393. The number of hydrogen-bond acceptors (Lipinski definition) is 5. The van der Waals surface area contributed by atoms with Crippen LogP contribution in [0.3, 0.4) is 0 Å². The fourth-order valence-corrected chi connectivity index (χ4v) is 1.87. The quantitative estimate of drug-likeness (QED) is 0.673. The summed E-state index contributed by atoms with van der Waals surface area (Å²) in [7, 11) is 0. The van der Waals surface area contributed by atoms with Crippen LogP contribution >= 0.6 is 0 Å². The van der Waals surface area contributed by atoms with Crippen LogP contribution in [0.2, 0.25) is 0 Å². The molecule has 0 aliphatic heterocycles. The topological polar surface area (TPSA) is 115 Å². The van der Waals surface area contributed by atoms with E-state index in [0.29, 0.717) is 0 Å². The summed E-state index contributed by atoms with van der Waals surface area (Å²) < 4.78 is 0. The number of nitro benzene ring substituents is 2. The van der Waals surface area contributed by atoms with Gasteiger partial charge in [0.25, 0.3) is 11.4 Å². The zero-order valence-corrected chi connectivity index (χ0v) is 11.3. The van der Waals surface area contributed by atoms with Crippen LogP contribution in [-0.2, 0) is 11.2 Å². The van der Waals surface area contributed by atoms with Gasteiger partial charge in [0.15, 0.2) is 0 Å². The first-order valence-electron chi connectivity index (χ1n) is 6.24. The molecular weight excluding hydrogens is 290 g/mol. The number of nitrogens with one attached hydrogen (secondary N) is 1. The van der Waals surface area contributed by atoms with Crippen molar-refractivity contribution >= 4 is 23.0 Å². The van der Waals surface area contributed by atoms with E-state index in [1.165, 1.54) is 0 Å². The number of benzene rings is 2. The van der Waals surface area contributed by atoms with Gasteiger partial charge in [-0.3, -0.25) is 25.0 Å². The molecule has 0 fully saturated rings. The summed E-state index contributed by atoms with van der Waals surface area (Å²) in [5.74, 6) is -0.442. The van der Waals surface area contributed by atoms with Gasteiger partial charge >= 0.3 is 0 Å². The summed E-state index contributed by atoms with van der Waals surface area (Å²) in [5, 5.41) is 24.0. The summed E-state index contributed by atoms with van der Waals surface area (Å²) in [4.78, 5) is 32.0. The van der Waals surface area contributed by atoms with Crippen molar-refractivity contribution in [2.45, 2.75) is 6.42 Å². The maximum atomic E-state index is 11.9. The van der Waals surface area contributed by atoms with E-state index >= 15 is 0 Å². The lowest BCUT2D eigenvalue weighted by atomic mass is 10.1. The van der Waals surface area contributed by atoms with E-state index in [2.05, 4.69) is 5.32 Å². The highest BCUT2D eigenvalue weighted by atomic mass is 16.6. The smallest absolute Gasteiger partial charge is 0.299 e. The third-order valence-corrected chi connectivity index (χ3v) is 2.87. The predicted molar refractivity (Wildman–Crippen MR) is 78.5 cm³/mol. The van der Waals surface area contributed by atoms with Crippen molar-refractivity contribution in [1.29, 1.82) is 0 Å². The van der Waals surface area contributed by atoms with Gasteiger partial charge in [-0.25, -0.2) is 0 Å². The Morgan fingerprint density at radius 2 is 1.68 bits per heavy atom. The van der Waals surface area contributed by atoms with Crippen molar-refractivity contribution < 1.29 is 14.6 Å². The molecule has 8 heteroatoms. The third kappa shape index (κ3) is 3.63. The molecule has 2 aromatic rings. The molecule has 1 amide bonds. The highest BCUT2D eigenvalue weighted by molar-refractivity contribution is 5.94. The molecule has 0 saturated carbocycles. The Morgan fingerprint density at radius 3 is 2.27 bits per heavy atom. The fourth-order valence-electron chi connectivity index (χ4n) is 1.87. The highest BCUT2D eigenvalue weighted by Gasteiger charge is 2.20. The molecule has 2 rings (SSSR count). The van der Waals surface area contributed by atoms with E-state index in [4.69, 9.17) is 0 Å². The van der Waals surface area contributed by atoms with Crippen molar-refractivity contribution in [3.8, 4) is 0 Å². The summed E-state index contributed by atoms with van der Waals surface area (Å²) in [5.41, 5.74) is -0.246. The lowest BCUT2D eigenvalue weighted by Crippen LogP contribution is -2.15. The Kier molecular flexibility index (Phi) is 4.42. The molecular formula is C14H11N3O5. The Balaban J connectivity index is 2.20. The molecule has 112 valence electrons. The number of amides is 1. The number of carbonyl (C=O) groups excluding carboxylic acids is 1. The predicted octanol–water partition coefficient (Wildman–Crippen LogP) is 2.68. The molecule has 1 N–H and O–H groups in total. The summed E-state index contributed by atoms with van der Waals surface area (Å²) >= 11 is 0. The Hall–Kier alpha value is -3.29. The van der Waals surface area contributed by atoms with Gasteiger partial charge in [0.05, 0.1) is 22.3 Å². The van der Waals surface area contributed by atoms with E-state index in [0.717, 1.165) is 23.8 Å². The SMILES string of the molecule is O=C(Cc1ccccc1)Nc1ccc([N+](=O)[O-])cc1[N+](=O)[O-]. The van der Waals surface area contributed by atoms with Gasteiger partial charge in [-0.05, 0) is 11.6 Å². The van der Waals surface area contributed by atoms with E-state index in [-0.39, 0.29) is 12.1 Å². The van der Waals surface area contributed by atoms with Gasteiger partial charge in [-0.15, -0.1) is 0 Å². The molecule has 0 aromatic heterocycles. The number of nitrogens with zero attached hydrogens (tertiary/aromatic N) is 2. The van der Waals surface area contributed by atoms with Gasteiger partial charge in [-0.1, -0.05) is 30.3 Å². The summed E-state index contributed by atoms with van der Waals surface area (Å²) in [6, 6.07) is 11.9. The monoisotopic (exact) mass is 301 g/mol. The summed E-state index contributed by atoms with van der Waals surface area (Å²) in [6.07, 6.45) is 0.0506. The number of anilines is 1. The van der Waals surface area contributed by atoms with Crippen molar-refractivity contribution in [2.75, 3.05) is 5.32 Å². The van der Waals surface area contributed by atoms with Gasteiger partial charge < -0.3 is 5.32 Å². The van der Waals surface area contributed by atoms with Crippen LogP contribution in [-0.4, -0.2) is 15.8 Å². The average molecular weight is 301 g/mol. The first-order valence-corrected chi connectivity index (χ1v) is 6.24. The molecule has 0 spiro atoms. The Morgan fingerprint density at radius 1 is 1.00 bits per heavy atom. The number of hydrogen-bond donors (Lipinski definition) is 1. The zero-order valence-electron chi connectivity index (χ0n) is 11.3. The van der Waals surface area contributed by atoms with Crippen LogP contribution in [0.1, 0.15) is 5.56 Å². The van der Waals surface area contributed by atoms with Gasteiger partial charge in [0.2, 0.25) is 5.91 Å². The Bertz CT molecular complexity index is 731. The van der Waals surface area contributed by atoms with Gasteiger partial charge in [-0.2, -0.15) is 0 Å². The molecule has 0 atom stereocenters. The van der Waals surface area contributed by atoms with Crippen molar-refractivity contribution in [1.82, 2.24) is 0 Å². The van der Waals surface area contributed by atoms with E-state index in [9.17, 15) is 25.0 Å². The van der Waals surface area contributed by atoms with E-state index in [1.54, 1.807) is 24.3 Å². The number of rotatable bonds is 5. The molecule has 2 aromatic carbocycles. The standard InChI is InChI=1S/C14H11N3O5/c18-14(8-10-4-2-1-3-5-10)15-12-7-6-11(16(19)20)9-13(12)17(21)22/h1-7,9H,8H2,(H,15,18). The fraction of sp³-hybridized carbons (Fsp3) is 0.0714. The molecule has 8 nitrogen and oxygen atoms in total. The summed E-state index contributed by atoms with van der Waals surface area (Å²) in [6.45, 7) is 0. The first-order chi connectivity index (χ1) is 10.5. The zero-order chi connectivity index (χ0) is 16.1. The van der Waals surface area contributed by atoms with Crippen LogP contribution in [0.5, 0.6) is 0 Å². The van der Waals surface area contributed by atoms with Crippen molar-refractivity contribution in [3.63, 3.8) is 0 Å². The van der Waals surface area contributed by atoms with Crippen LogP contribution in [0.15, 0.2) is 48.5 Å². The molecule has 22 heavy (non-hydrogen) atoms. The second-order valence-corrected chi connectivity index (χ2v) is 4.43. The van der Waals surface area contributed by atoms with Crippen LogP contribution in [0.25, 0.3) is 0 Å². The molecule has 0 radical (unpaired) electrons. The molecule has 0 aliphatic carbocycles. The average Bonchev–Trinajstić information content (AvgIpc) is 2.48. The second-order valence-electron chi connectivity index (χ2n) is 4.43. The first kappa shape index (κ1) is 15.1. The minimum absolute atomic E-state index is 0.0506. The number of nitro groups is 2. The normalized spacial score (nSPS) is 10.0. The molecule has 0 unspecified atom stereocenters. The van der Waals surface area contributed by atoms with Gasteiger partial charge in [0.1, 0.15) is 5.69 Å². The minimum Gasteiger partial charge on any atom is -0.320 e. The largest absolute Gasteiger partial charge is 0.320 e. The third-order valence-electron chi connectivity index (χ3n) is 2.87. The van der Waals surface area contributed by atoms with E-state index in [1.807, 2.05) is 6.07 Å². The highest BCUT2D eigenvalue weighted by Crippen LogP contribution is 2.28. The second kappa shape index (κ2) is 6.44. The molecule has 0 saturated heterocycles. The van der Waals surface area contributed by atoms with Crippen molar-refractivity contribution in [2.24, 2.45) is 0 Å². The maximum absolute atomic E-state index is 11.9. The molecule has 0 aliphatic rings. The van der Waals surface area contributed by atoms with Crippen LogP contribution < -0.4 is 5.32 Å². The number of carbonyl (C=O) groups is 1. The van der Waals surface area contributed by atoms with Crippen molar-refractivity contribution in [3.05, 3.63) is 74.3 Å². The number of non-ortho nitro benzene ring substituents is 1. The van der Waals surface area contributed by atoms with Crippen LogP contribution in [0.4, 0.5) is 17.1 Å².